The van der Waals surface area contributed by atoms with Crippen LogP contribution in [0.4, 0.5) is 0 Å². The predicted molar refractivity (Wildman–Crippen MR) is 112 cm³/mol. The number of carboxylic acid groups (broad SMARTS) is 1. The Labute approximate surface area is 191 Å². The highest BCUT2D eigenvalue weighted by atomic mass is 16.7. The number of carbonyl (C=O) groups is 3. The third-order valence-corrected chi connectivity index (χ3v) is 9.10. The van der Waals surface area contributed by atoms with Crippen LogP contribution < -0.4 is 0 Å². The number of allylic oxidation sites excluding steroid dienone is 1. The molecule has 9 nitrogen and oxygen atoms in total. The fraction of sp³-hybridized carbons (Fsp3) is 0.792. The van der Waals surface area contributed by atoms with Gasteiger partial charge in [0.15, 0.2) is 18.2 Å². The van der Waals surface area contributed by atoms with E-state index in [-0.39, 0.29) is 29.8 Å². The number of fused-ring (bicyclic) bond motifs is 5. The highest BCUT2D eigenvalue weighted by Crippen LogP contribution is 2.61. The molecule has 3 saturated carbocycles. The molecule has 1 heterocycles. The Morgan fingerprint density at radius 2 is 1.82 bits per heavy atom. The minimum Gasteiger partial charge on any atom is -0.479 e. The molecule has 182 valence electrons. The zero-order valence-electron chi connectivity index (χ0n) is 18.6. The van der Waals surface area contributed by atoms with Crippen molar-refractivity contribution in [3.63, 3.8) is 0 Å². The van der Waals surface area contributed by atoms with Gasteiger partial charge in [-0.15, -0.1) is 0 Å². The van der Waals surface area contributed by atoms with Gasteiger partial charge in [0.2, 0.25) is 0 Å². The quantitative estimate of drug-likeness (QED) is 0.470. The molecule has 0 amide bonds. The normalized spacial score (nSPS) is 49.6. The Balaban J connectivity index is 1.40. The van der Waals surface area contributed by atoms with E-state index in [0.29, 0.717) is 18.3 Å². The van der Waals surface area contributed by atoms with E-state index in [9.17, 15) is 34.8 Å². The molecule has 11 unspecified atom stereocenters. The van der Waals surface area contributed by atoms with Gasteiger partial charge in [0.1, 0.15) is 24.1 Å². The molecule has 4 N–H and O–H groups in total. The number of carbonyl (C=O) groups excluding carboxylic acids is 2. The number of carboxylic acids is 1. The minimum absolute atomic E-state index is 0.0942. The van der Waals surface area contributed by atoms with E-state index in [1.807, 2.05) is 13.0 Å². The summed E-state index contributed by atoms with van der Waals surface area (Å²) in [4.78, 5) is 36.5. The number of hydrogen-bond donors (Lipinski definition) is 4. The molecule has 1 saturated heterocycles. The molecule has 33 heavy (non-hydrogen) atoms. The Bertz CT molecular complexity index is 883. The number of hydrogen-bond acceptors (Lipinski definition) is 8. The maximum absolute atomic E-state index is 13.1. The SMILES string of the molecule is CC12CCC3C4CCC(=O)C=C4CCC3C1C(OC1OC(C(=O)O)C(O)C(O)C1O)CC2=O. The molecule has 4 fully saturated rings. The molecule has 0 spiro atoms. The maximum atomic E-state index is 13.1. The number of Topliss-reactive ketones (excluding diaryl/α,β-unsaturated/α-hetero) is 1. The first kappa shape index (κ1) is 23.1. The van der Waals surface area contributed by atoms with Gasteiger partial charge in [-0.05, 0) is 55.9 Å². The number of aliphatic hydroxyl groups excluding tert-OH is 3. The molecular formula is C24H32O9. The Morgan fingerprint density at radius 1 is 1.06 bits per heavy atom. The fourth-order valence-electron chi connectivity index (χ4n) is 7.45. The van der Waals surface area contributed by atoms with Crippen LogP contribution in [-0.4, -0.2) is 74.8 Å². The standard InChI is InChI=1S/C24H32O9/c1-24-7-6-13-12-5-3-11(25)8-10(12)2-4-14(13)17(24)15(9-16(24)26)32-23-20(29)18(27)19(28)21(33-23)22(30)31/h8,12-15,17-21,23,27-29H,2-7,9H2,1H3,(H,30,31). The average molecular weight is 465 g/mol. The van der Waals surface area contributed by atoms with Crippen molar-refractivity contribution in [1.29, 1.82) is 0 Å². The monoisotopic (exact) mass is 464 g/mol. The predicted octanol–water partition coefficient (Wildman–Crippen LogP) is 0.585. The Kier molecular flexibility index (Phi) is 5.77. The third-order valence-electron chi connectivity index (χ3n) is 9.10. The summed E-state index contributed by atoms with van der Waals surface area (Å²) >= 11 is 0. The second-order valence-electron chi connectivity index (χ2n) is 10.7. The van der Waals surface area contributed by atoms with Crippen LogP contribution in [0.15, 0.2) is 11.6 Å². The lowest BCUT2D eigenvalue weighted by Gasteiger charge is -2.53. The summed E-state index contributed by atoms with van der Waals surface area (Å²) in [5.41, 5.74) is 0.659. The molecule has 0 aromatic rings. The molecule has 4 aliphatic carbocycles. The summed E-state index contributed by atoms with van der Waals surface area (Å²) in [7, 11) is 0. The van der Waals surface area contributed by atoms with Crippen molar-refractivity contribution in [1.82, 2.24) is 0 Å². The van der Waals surface area contributed by atoms with Gasteiger partial charge in [-0.2, -0.15) is 0 Å². The number of ketones is 2. The largest absolute Gasteiger partial charge is 0.479 e. The summed E-state index contributed by atoms with van der Waals surface area (Å²) in [5, 5.41) is 39.9. The van der Waals surface area contributed by atoms with E-state index in [2.05, 4.69) is 0 Å². The summed E-state index contributed by atoms with van der Waals surface area (Å²) in [5.74, 6) is -0.401. The van der Waals surface area contributed by atoms with E-state index in [1.54, 1.807) is 0 Å². The molecule has 0 aromatic heterocycles. The topological polar surface area (TPSA) is 151 Å². The van der Waals surface area contributed by atoms with Gasteiger partial charge in [-0.1, -0.05) is 12.5 Å². The van der Waals surface area contributed by atoms with Crippen molar-refractivity contribution >= 4 is 17.5 Å². The lowest BCUT2D eigenvalue weighted by atomic mass is 9.52. The van der Waals surface area contributed by atoms with Crippen LogP contribution in [0.2, 0.25) is 0 Å². The number of rotatable bonds is 3. The lowest BCUT2D eigenvalue weighted by Crippen LogP contribution is -2.61. The first-order chi connectivity index (χ1) is 15.6. The van der Waals surface area contributed by atoms with E-state index >= 15 is 0 Å². The van der Waals surface area contributed by atoms with Gasteiger partial charge in [-0.25, -0.2) is 4.79 Å². The number of aliphatic hydroxyl groups is 3. The van der Waals surface area contributed by atoms with Gasteiger partial charge in [0.25, 0.3) is 0 Å². The van der Waals surface area contributed by atoms with E-state index in [0.717, 1.165) is 32.1 Å². The van der Waals surface area contributed by atoms with Crippen molar-refractivity contribution in [3.05, 3.63) is 11.6 Å². The van der Waals surface area contributed by atoms with E-state index in [4.69, 9.17) is 9.47 Å². The summed E-state index contributed by atoms with van der Waals surface area (Å²) < 4.78 is 11.4. The van der Waals surface area contributed by atoms with Crippen LogP contribution in [0, 0.1) is 29.1 Å². The molecule has 0 radical (unpaired) electrons. The van der Waals surface area contributed by atoms with Crippen molar-refractivity contribution < 1.29 is 44.3 Å². The minimum atomic E-state index is -1.79. The van der Waals surface area contributed by atoms with Crippen LogP contribution in [0.1, 0.15) is 51.9 Å². The summed E-state index contributed by atoms with van der Waals surface area (Å²) in [6, 6.07) is 0. The van der Waals surface area contributed by atoms with Crippen LogP contribution in [-0.2, 0) is 23.9 Å². The second-order valence-corrected chi connectivity index (χ2v) is 10.7. The molecule has 9 heteroatoms. The van der Waals surface area contributed by atoms with Crippen molar-refractivity contribution in [2.75, 3.05) is 0 Å². The molecular weight excluding hydrogens is 432 g/mol. The Hall–Kier alpha value is -1.65. The highest BCUT2D eigenvalue weighted by molar-refractivity contribution is 5.91. The Morgan fingerprint density at radius 3 is 2.55 bits per heavy atom. The van der Waals surface area contributed by atoms with Gasteiger partial charge >= 0.3 is 5.97 Å². The molecule has 0 aromatic carbocycles. The smallest absolute Gasteiger partial charge is 0.335 e. The van der Waals surface area contributed by atoms with Crippen molar-refractivity contribution in [2.24, 2.45) is 29.1 Å². The van der Waals surface area contributed by atoms with Crippen LogP contribution in [0.5, 0.6) is 0 Å². The first-order valence-corrected chi connectivity index (χ1v) is 12.0. The molecule has 0 bridgehead atoms. The average Bonchev–Trinajstić information content (AvgIpc) is 3.03. The second kappa shape index (κ2) is 8.23. The van der Waals surface area contributed by atoms with Crippen LogP contribution >= 0.6 is 0 Å². The summed E-state index contributed by atoms with van der Waals surface area (Å²) in [6.45, 7) is 1.98. The summed E-state index contributed by atoms with van der Waals surface area (Å²) in [6.07, 6.45) is -2.29. The maximum Gasteiger partial charge on any atom is 0.335 e. The first-order valence-electron chi connectivity index (χ1n) is 12.0. The van der Waals surface area contributed by atoms with Crippen molar-refractivity contribution in [3.8, 4) is 0 Å². The lowest BCUT2D eigenvalue weighted by molar-refractivity contribution is -0.310. The van der Waals surface area contributed by atoms with Gasteiger partial charge in [0.05, 0.1) is 6.10 Å². The fourth-order valence-corrected chi connectivity index (χ4v) is 7.45. The zero-order chi connectivity index (χ0) is 23.7. The van der Waals surface area contributed by atoms with Gasteiger partial charge < -0.3 is 29.9 Å². The van der Waals surface area contributed by atoms with Crippen molar-refractivity contribution in [2.45, 2.75) is 88.7 Å². The number of aliphatic carboxylic acids is 1. The van der Waals surface area contributed by atoms with Gasteiger partial charge in [0, 0.05) is 24.2 Å². The van der Waals surface area contributed by atoms with E-state index < -0.39 is 48.2 Å². The molecule has 1 aliphatic heterocycles. The van der Waals surface area contributed by atoms with E-state index in [1.165, 1.54) is 5.57 Å². The van der Waals surface area contributed by atoms with Crippen LogP contribution in [0.3, 0.4) is 0 Å². The molecule has 5 rings (SSSR count). The van der Waals surface area contributed by atoms with Gasteiger partial charge in [-0.3, -0.25) is 9.59 Å². The molecule has 11 atom stereocenters. The molecule has 5 aliphatic rings. The number of ether oxygens (including phenoxy) is 2. The van der Waals surface area contributed by atoms with Crippen LogP contribution in [0.25, 0.3) is 0 Å². The third kappa shape index (κ3) is 3.60. The highest BCUT2D eigenvalue weighted by Gasteiger charge is 2.61. The zero-order valence-corrected chi connectivity index (χ0v) is 18.6.